The maximum Gasteiger partial charge on any atom is 0.251 e. The second kappa shape index (κ2) is 8.69. The summed E-state index contributed by atoms with van der Waals surface area (Å²) >= 11 is 0. The van der Waals surface area contributed by atoms with E-state index in [0.29, 0.717) is 18.6 Å². The zero-order chi connectivity index (χ0) is 19.3. The normalized spacial score (nSPS) is 23.0. The van der Waals surface area contributed by atoms with E-state index in [0.717, 1.165) is 57.7 Å². The molecule has 27 heavy (non-hydrogen) atoms. The molecule has 1 aromatic heterocycles. The first-order valence-corrected chi connectivity index (χ1v) is 9.77. The molecule has 2 fully saturated rings. The number of hydrogen-bond acceptors (Lipinski definition) is 5. The summed E-state index contributed by atoms with van der Waals surface area (Å²) in [6, 6.07) is 3.60. The molecule has 2 amide bonds. The summed E-state index contributed by atoms with van der Waals surface area (Å²) in [5, 5.41) is 2.66. The van der Waals surface area contributed by atoms with Gasteiger partial charge in [0.05, 0.1) is 0 Å². The lowest BCUT2D eigenvalue weighted by Gasteiger charge is -2.48. The SMILES string of the molecule is CNC(=O)c1ccnc(N2CCC[C@@]3(CCC(=O)N(CCCOC)C3)C2)c1. The molecule has 148 valence electrons. The molecule has 0 radical (unpaired) electrons. The molecule has 0 unspecified atom stereocenters. The Kier molecular flexibility index (Phi) is 6.31. The molecule has 3 rings (SSSR count). The van der Waals surface area contributed by atoms with Crippen LogP contribution >= 0.6 is 0 Å². The number of likely N-dealkylation sites (tertiary alicyclic amines) is 1. The van der Waals surface area contributed by atoms with E-state index in [-0.39, 0.29) is 17.2 Å². The number of piperidine rings is 2. The Balaban J connectivity index is 1.71. The maximum absolute atomic E-state index is 12.3. The van der Waals surface area contributed by atoms with Crippen LogP contribution in [0.3, 0.4) is 0 Å². The summed E-state index contributed by atoms with van der Waals surface area (Å²) in [5.41, 5.74) is 0.742. The fraction of sp³-hybridized carbons (Fsp3) is 0.650. The summed E-state index contributed by atoms with van der Waals surface area (Å²) in [6.45, 7) is 4.06. The molecule has 2 saturated heterocycles. The fourth-order valence-corrected chi connectivity index (χ4v) is 4.32. The van der Waals surface area contributed by atoms with Crippen molar-refractivity contribution in [2.24, 2.45) is 5.41 Å². The molecule has 7 heteroatoms. The molecule has 1 spiro atoms. The van der Waals surface area contributed by atoms with Gasteiger partial charge in [-0.2, -0.15) is 0 Å². The maximum atomic E-state index is 12.3. The minimum atomic E-state index is -0.0991. The second-order valence-corrected chi connectivity index (χ2v) is 7.67. The molecular formula is C20H30N4O3. The first-order valence-electron chi connectivity index (χ1n) is 9.77. The number of methoxy groups -OCH3 is 1. The number of amides is 2. The minimum Gasteiger partial charge on any atom is -0.385 e. The van der Waals surface area contributed by atoms with Crippen LogP contribution in [0, 0.1) is 5.41 Å². The van der Waals surface area contributed by atoms with Crippen LogP contribution in [-0.2, 0) is 9.53 Å². The Hall–Kier alpha value is -2.15. The van der Waals surface area contributed by atoms with E-state index in [1.165, 1.54) is 0 Å². The quantitative estimate of drug-likeness (QED) is 0.767. The third-order valence-electron chi connectivity index (χ3n) is 5.74. The van der Waals surface area contributed by atoms with E-state index in [1.807, 2.05) is 11.0 Å². The molecular weight excluding hydrogens is 344 g/mol. The largest absolute Gasteiger partial charge is 0.385 e. The third kappa shape index (κ3) is 4.58. The van der Waals surface area contributed by atoms with Gasteiger partial charge in [0.2, 0.25) is 5.91 Å². The Bertz CT molecular complexity index is 681. The van der Waals surface area contributed by atoms with Crippen molar-refractivity contribution in [2.75, 3.05) is 51.8 Å². The average Bonchev–Trinajstić information content (AvgIpc) is 2.70. The Morgan fingerprint density at radius 2 is 2.22 bits per heavy atom. The fourth-order valence-electron chi connectivity index (χ4n) is 4.32. The number of nitrogens with one attached hydrogen (secondary N) is 1. The van der Waals surface area contributed by atoms with E-state index in [4.69, 9.17) is 4.74 Å². The van der Waals surface area contributed by atoms with Gasteiger partial charge in [0.25, 0.3) is 5.91 Å². The van der Waals surface area contributed by atoms with Crippen molar-refractivity contribution in [3.63, 3.8) is 0 Å². The van der Waals surface area contributed by atoms with Gasteiger partial charge in [-0.1, -0.05) is 0 Å². The number of carbonyl (C=O) groups is 2. The van der Waals surface area contributed by atoms with Gasteiger partial charge < -0.3 is 19.9 Å². The van der Waals surface area contributed by atoms with Crippen LogP contribution in [0.25, 0.3) is 0 Å². The number of carbonyl (C=O) groups excluding carboxylic acids is 2. The molecule has 0 aromatic carbocycles. The molecule has 1 aromatic rings. The van der Waals surface area contributed by atoms with Crippen LogP contribution in [0.1, 0.15) is 42.5 Å². The molecule has 2 aliphatic heterocycles. The Labute approximate surface area is 161 Å². The lowest BCUT2D eigenvalue weighted by Crippen LogP contribution is -2.54. The monoisotopic (exact) mass is 374 g/mol. The van der Waals surface area contributed by atoms with Gasteiger partial charge in [0.1, 0.15) is 5.82 Å². The summed E-state index contributed by atoms with van der Waals surface area (Å²) in [7, 11) is 3.33. The third-order valence-corrected chi connectivity index (χ3v) is 5.74. The standard InChI is InChI=1S/C20H30N4O3/c1-21-19(26)16-6-9-22-17(13-16)23-10-3-7-20(14-23)8-5-18(25)24(15-20)11-4-12-27-2/h6,9,13H,3-5,7-8,10-12,14-15H2,1-2H3,(H,21,26)/t20-/m1/s1. The summed E-state index contributed by atoms with van der Waals surface area (Å²) in [4.78, 5) is 33.1. The lowest BCUT2D eigenvalue weighted by atomic mass is 9.73. The van der Waals surface area contributed by atoms with Gasteiger partial charge in [-0.25, -0.2) is 4.98 Å². The van der Waals surface area contributed by atoms with Gasteiger partial charge in [-0.3, -0.25) is 9.59 Å². The van der Waals surface area contributed by atoms with Crippen LogP contribution in [0.4, 0.5) is 5.82 Å². The number of nitrogens with zero attached hydrogens (tertiary/aromatic N) is 3. The lowest BCUT2D eigenvalue weighted by molar-refractivity contribution is -0.138. The summed E-state index contributed by atoms with van der Waals surface area (Å²) < 4.78 is 5.13. The first-order chi connectivity index (χ1) is 13.1. The van der Waals surface area contributed by atoms with Crippen LogP contribution in [-0.4, -0.2) is 68.6 Å². The Morgan fingerprint density at radius 1 is 1.37 bits per heavy atom. The number of anilines is 1. The highest BCUT2D eigenvalue weighted by Crippen LogP contribution is 2.40. The topological polar surface area (TPSA) is 74.8 Å². The van der Waals surface area contributed by atoms with Crippen molar-refractivity contribution in [2.45, 2.75) is 32.1 Å². The highest BCUT2D eigenvalue weighted by Gasteiger charge is 2.41. The van der Waals surface area contributed by atoms with Crippen molar-refractivity contribution in [1.82, 2.24) is 15.2 Å². The van der Waals surface area contributed by atoms with E-state index >= 15 is 0 Å². The average molecular weight is 374 g/mol. The first kappa shape index (κ1) is 19.6. The van der Waals surface area contributed by atoms with Crippen molar-refractivity contribution in [3.8, 4) is 0 Å². The van der Waals surface area contributed by atoms with Crippen molar-refractivity contribution < 1.29 is 14.3 Å². The predicted molar refractivity (Wildman–Crippen MR) is 104 cm³/mol. The number of rotatable bonds is 6. The van der Waals surface area contributed by atoms with Crippen molar-refractivity contribution >= 4 is 17.6 Å². The van der Waals surface area contributed by atoms with Crippen LogP contribution in [0.2, 0.25) is 0 Å². The van der Waals surface area contributed by atoms with Gasteiger partial charge in [-0.05, 0) is 37.8 Å². The molecule has 0 saturated carbocycles. The Morgan fingerprint density at radius 3 is 3.00 bits per heavy atom. The smallest absolute Gasteiger partial charge is 0.251 e. The highest BCUT2D eigenvalue weighted by molar-refractivity contribution is 5.94. The molecule has 7 nitrogen and oxygen atoms in total. The molecule has 3 heterocycles. The van der Waals surface area contributed by atoms with E-state index in [2.05, 4.69) is 15.2 Å². The van der Waals surface area contributed by atoms with Crippen LogP contribution in [0.5, 0.6) is 0 Å². The highest BCUT2D eigenvalue weighted by atomic mass is 16.5. The summed E-state index contributed by atoms with van der Waals surface area (Å²) in [6.07, 6.45) is 6.32. The number of ether oxygens (including phenoxy) is 1. The zero-order valence-electron chi connectivity index (χ0n) is 16.4. The van der Waals surface area contributed by atoms with Crippen LogP contribution < -0.4 is 10.2 Å². The molecule has 0 aliphatic carbocycles. The minimum absolute atomic E-state index is 0.0991. The second-order valence-electron chi connectivity index (χ2n) is 7.67. The number of hydrogen-bond donors (Lipinski definition) is 1. The number of aromatic nitrogens is 1. The molecule has 2 aliphatic rings. The molecule has 1 N–H and O–H groups in total. The van der Waals surface area contributed by atoms with Gasteiger partial charge in [-0.15, -0.1) is 0 Å². The van der Waals surface area contributed by atoms with Gasteiger partial charge in [0, 0.05) is 70.5 Å². The van der Waals surface area contributed by atoms with Crippen molar-refractivity contribution in [3.05, 3.63) is 23.9 Å². The van der Waals surface area contributed by atoms with Crippen molar-refractivity contribution in [1.29, 1.82) is 0 Å². The molecule has 0 bridgehead atoms. The van der Waals surface area contributed by atoms with Gasteiger partial charge in [0.15, 0.2) is 0 Å². The predicted octanol–water partition coefficient (Wildman–Crippen LogP) is 1.69. The van der Waals surface area contributed by atoms with E-state index in [9.17, 15) is 9.59 Å². The van der Waals surface area contributed by atoms with Crippen LogP contribution in [0.15, 0.2) is 18.3 Å². The summed E-state index contributed by atoms with van der Waals surface area (Å²) in [5.74, 6) is 1.00. The number of pyridine rings is 1. The van der Waals surface area contributed by atoms with Gasteiger partial charge >= 0.3 is 0 Å². The van der Waals surface area contributed by atoms with E-state index < -0.39 is 0 Å². The molecule has 1 atom stereocenters. The zero-order valence-corrected chi connectivity index (χ0v) is 16.4. The van der Waals surface area contributed by atoms with E-state index in [1.54, 1.807) is 26.4 Å².